The van der Waals surface area contributed by atoms with Crippen LogP contribution in [0, 0.1) is 0 Å². The summed E-state index contributed by atoms with van der Waals surface area (Å²) in [4.78, 5) is 0. The van der Waals surface area contributed by atoms with E-state index in [1.54, 1.807) is 12.3 Å². The van der Waals surface area contributed by atoms with Gasteiger partial charge < -0.3 is 10.1 Å². The number of nitrogens with one attached hydrogen (secondary N) is 1. The van der Waals surface area contributed by atoms with Crippen LogP contribution in [-0.2, 0) is 6.54 Å². The highest BCUT2D eigenvalue weighted by atomic mass is 35.5. The number of hydrogen-bond donors (Lipinski definition) is 1. The molecule has 0 aliphatic rings. The van der Waals surface area contributed by atoms with Gasteiger partial charge in [-0.25, -0.2) is 0 Å². The third-order valence-electron chi connectivity index (χ3n) is 3.33. The monoisotopic (exact) mass is 327 g/mol. The molecule has 114 valence electrons. The zero-order valence-electron chi connectivity index (χ0n) is 12.3. The molecule has 1 aromatic heterocycles. The van der Waals surface area contributed by atoms with Crippen molar-refractivity contribution >= 4 is 23.2 Å². The molecular formula is C15H19Cl2N3O. The van der Waals surface area contributed by atoms with Gasteiger partial charge in [-0.2, -0.15) is 5.10 Å². The average Bonchev–Trinajstić information content (AvgIpc) is 2.81. The second-order valence-electron chi connectivity index (χ2n) is 4.74. The second kappa shape index (κ2) is 7.16. The molecule has 1 heterocycles. The minimum absolute atomic E-state index is 0.0704. The van der Waals surface area contributed by atoms with Crippen LogP contribution in [0.5, 0.6) is 5.75 Å². The van der Waals surface area contributed by atoms with Crippen LogP contribution in [0.2, 0.25) is 10.0 Å². The average molecular weight is 328 g/mol. The van der Waals surface area contributed by atoms with Gasteiger partial charge in [0.05, 0.1) is 23.0 Å². The van der Waals surface area contributed by atoms with Crippen LogP contribution in [0.4, 0.5) is 0 Å². The molecule has 0 fully saturated rings. The molecule has 2 atom stereocenters. The molecule has 2 aromatic rings. The van der Waals surface area contributed by atoms with E-state index < -0.39 is 0 Å². The third kappa shape index (κ3) is 3.70. The zero-order chi connectivity index (χ0) is 15.4. The van der Waals surface area contributed by atoms with Gasteiger partial charge in [-0.3, -0.25) is 4.68 Å². The predicted molar refractivity (Wildman–Crippen MR) is 86.3 cm³/mol. The number of halogens is 2. The fourth-order valence-corrected chi connectivity index (χ4v) is 2.79. The molecule has 0 aliphatic heterocycles. The van der Waals surface area contributed by atoms with E-state index in [4.69, 9.17) is 27.9 Å². The maximum absolute atomic E-state index is 6.27. The lowest BCUT2D eigenvalue weighted by Crippen LogP contribution is -2.33. The van der Waals surface area contributed by atoms with Gasteiger partial charge in [0.1, 0.15) is 11.9 Å². The molecule has 0 aliphatic carbocycles. The summed E-state index contributed by atoms with van der Waals surface area (Å²) in [5.41, 5.74) is 0.927. The van der Waals surface area contributed by atoms with E-state index in [1.165, 1.54) is 0 Å². The summed E-state index contributed by atoms with van der Waals surface area (Å²) in [7, 11) is 1.88. The zero-order valence-corrected chi connectivity index (χ0v) is 13.8. The largest absolute Gasteiger partial charge is 0.489 e. The van der Waals surface area contributed by atoms with Crippen molar-refractivity contribution in [3.8, 4) is 5.75 Å². The number of rotatable bonds is 6. The Morgan fingerprint density at radius 2 is 2.14 bits per heavy atom. The fourth-order valence-electron chi connectivity index (χ4n) is 2.35. The van der Waals surface area contributed by atoms with Gasteiger partial charge in [-0.1, -0.05) is 29.3 Å². The smallest absolute Gasteiger partial charge is 0.121 e. The van der Waals surface area contributed by atoms with Crippen molar-refractivity contribution in [2.75, 3.05) is 7.05 Å². The van der Waals surface area contributed by atoms with E-state index in [9.17, 15) is 0 Å². The summed E-state index contributed by atoms with van der Waals surface area (Å²) in [6, 6.07) is 7.29. The van der Waals surface area contributed by atoms with Gasteiger partial charge in [0.15, 0.2) is 0 Å². The number of aryl methyl sites for hydroxylation is 1. The van der Waals surface area contributed by atoms with Gasteiger partial charge >= 0.3 is 0 Å². The quantitative estimate of drug-likeness (QED) is 0.873. The molecule has 0 spiro atoms. The molecule has 0 radical (unpaired) electrons. The second-order valence-corrected chi connectivity index (χ2v) is 5.58. The first-order chi connectivity index (χ1) is 10.1. The van der Waals surface area contributed by atoms with E-state index in [2.05, 4.69) is 10.4 Å². The Morgan fingerprint density at radius 1 is 1.38 bits per heavy atom. The molecular weight excluding hydrogens is 309 g/mol. The molecule has 0 saturated carbocycles. The molecule has 21 heavy (non-hydrogen) atoms. The van der Waals surface area contributed by atoms with Crippen molar-refractivity contribution in [1.29, 1.82) is 0 Å². The van der Waals surface area contributed by atoms with Crippen LogP contribution in [0.25, 0.3) is 0 Å². The van der Waals surface area contributed by atoms with Gasteiger partial charge in [-0.05, 0) is 39.1 Å². The van der Waals surface area contributed by atoms with Gasteiger partial charge in [0, 0.05) is 11.6 Å². The van der Waals surface area contributed by atoms with Crippen molar-refractivity contribution in [2.24, 2.45) is 0 Å². The SMILES string of the molecule is CCn1ncc(Cl)c1C(NC)C(C)Oc1cccc(Cl)c1. The number of ether oxygens (including phenoxy) is 1. The lowest BCUT2D eigenvalue weighted by molar-refractivity contribution is 0.170. The standard InChI is InChI=1S/C15H19Cl2N3O/c1-4-20-15(13(17)9-19-20)14(18-3)10(2)21-12-7-5-6-11(16)8-12/h5-10,14,18H,4H2,1-3H3. The van der Waals surface area contributed by atoms with Crippen LogP contribution in [-0.4, -0.2) is 22.9 Å². The molecule has 1 aromatic carbocycles. The molecule has 0 saturated heterocycles. The van der Waals surface area contributed by atoms with E-state index in [0.717, 1.165) is 18.0 Å². The number of nitrogens with zero attached hydrogens (tertiary/aromatic N) is 2. The van der Waals surface area contributed by atoms with Gasteiger partial charge in [0.25, 0.3) is 0 Å². The fraction of sp³-hybridized carbons (Fsp3) is 0.400. The van der Waals surface area contributed by atoms with Gasteiger partial charge in [-0.15, -0.1) is 0 Å². The van der Waals surface area contributed by atoms with Crippen LogP contribution in [0.15, 0.2) is 30.5 Å². The van der Waals surface area contributed by atoms with E-state index in [0.29, 0.717) is 10.0 Å². The molecule has 2 unspecified atom stereocenters. The maximum atomic E-state index is 6.27. The Labute approximate surface area is 135 Å². The number of hydrogen-bond acceptors (Lipinski definition) is 3. The number of aromatic nitrogens is 2. The first-order valence-electron chi connectivity index (χ1n) is 6.87. The van der Waals surface area contributed by atoms with Crippen molar-refractivity contribution in [3.05, 3.63) is 46.2 Å². The Bertz CT molecular complexity index is 600. The van der Waals surface area contributed by atoms with Crippen LogP contribution < -0.4 is 10.1 Å². The molecule has 0 amide bonds. The van der Waals surface area contributed by atoms with E-state index >= 15 is 0 Å². The highest BCUT2D eigenvalue weighted by molar-refractivity contribution is 6.31. The minimum atomic E-state index is -0.132. The third-order valence-corrected chi connectivity index (χ3v) is 3.85. The first-order valence-corrected chi connectivity index (χ1v) is 7.63. The maximum Gasteiger partial charge on any atom is 0.121 e. The minimum Gasteiger partial charge on any atom is -0.489 e. The van der Waals surface area contributed by atoms with Gasteiger partial charge in [0.2, 0.25) is 0 Å². The highest BCUT2D eigenvalue weighted by Gasteiger charge is 2.25. The Hall–Kier alpha value is -1.23. The molecule has 6 heteroatoms. The summed E-state index contributed by atoms with van der Waals surface area (Å²) in [5.74, 6) is 0.730. The summed E-state index contributed by atoms with van der Waals surface area (Å²) >= 11 is 12.3. The van der Waals surface area contributed by atoms with Crippen LogP contribution in [0.3, 0.4) is 0 Å². The van der Waals surface area contributed by atoms with Crippen molar-refractivity contribution in [3.63, 3.8) is 0 Å². The Balaban J connectivity index is 2.22. The van der Waals surface area contributed by atoms with Crippen molar-refractivity contribution < 1.29 is 4.74 Å². The summed E-state index contributed by atoms with van der Waals surface area (Å²) in [6.45, 7) is 4.78. The van der Waals surface area contributed by atoms with Crippen molar-refractivity contribution in [2.45, 2.75) is 32.5 Å². The Kier molecular flexibility index (Phi) is 5.51. The molecule has 0 bridgehead atoms. The van der Waals surface area contributed by atoms with Crippen LogP contribution >= 0.6 is 23.2 Å². The molecule has 4 nitrogen and oxygen atoms in total. The molecule has 1 N–H and O–H groups in total. The highest BCUT2D eigenvalue weighted by Crippen LogP contribution is 2.28. The summed E-state index contributed by atoms with van der Waals surface area (Å²) < 4.78 is 7.86. The van der Waals surface area contributed by atoms with Crippen molar-refractivity contribution in [1.82, 2.24) is 15.1 Å². The topological polar surface area (TPSA) is 39.1 Å². The lowest BCUT2D eigenvalue weighted by atomic mass is 10.1. The Morgan fingerprint density at radius 3 is 2.76 bits per heavy atom. The van der Waals surface area contributed by atoms with E-state index in [-0.39, 0.29) is 12.1 Å². The van der Waals surface area contributed by atoms with Crippen LogP contribution in [0.1, 0.15) is 25.6 Å². The predicted octanol–water partition coefficient (Wildman–Crippen LogP) is 3.94. The first kappa shape index (κ1) is 16.1. The number of benzene rings is 1. The summed E-state index contributed by atoms with van der Waals surface area (Å²) in [5, 5.41) is 8.81. The normalized spacial score (nSPS) is 14.0. The molecule has 2 rings (SSSR count). The van der Waals surface area contributed by atoms with E-state index in [1.807, 2.05) is 43.8 Å². The summed E-state index contributed by atoms with van der Waals surface area (Å²) in [6.07, 6.45) is 1.53. The number of likely N-dealkylation sites (N-methyl/N-ethyl adjacent to an activating group) is 1. The lowest BCUT2D eigenvalue weighted by Gasteiger charge is -2.25.